The Morgan fingerprint density at radius 3 is 2.90 bits per heavy atom. The van der Waals surface area contributed by atoms with Crippen LogP contribution < -0.4 is 5.32 Å². The third kappa shape index (κ3) is 3.46. The van der Waals surface area contributed by atoms with E-state index in [2.05, 4.69) is 20.5 Å². The predicted octanol–water partition coefficient (Wildman–Crippen LogP) is 4.09. The topological polar surface area (TPSA) is 77.1 Å². The van der Waals surface area contributed by atoms with E-state index in [-0.39, 0.29) is 11.7 Å². The van der Waals surface area contributed by atoms with Crippen LogP contribution in [0.1, 0.15) is 15.9 Å². The fourth-order valence-electron chi connectivity index (χ4n) is 3.20. The molecule has 0 saturated carbocycles. The first kappa shape index (κ1) is 18.2. The molecule has 9 heteroatoms. The number of nitrogens with zero attached hydrogens (tertiary/aromatic N) is 5. The van der Waals surface area contributed by atoms with Crippen molar-refractivity contribution in [2.75, 3.05) is 5.32 Å². The summed E-state index contributed by atoms with van der Waals surface area (Å²) in [6.45, 7) is 0.399. The van der Waals surface area contributed by atoms with Crippen LogP contribution in [-0.4, -0.2) is 30.3 Å². The number of nitrogens with one attached hydrogen (secondary N) is 1. The lowest BCUT2D eigenvalue weighted by atomic mass is 10.2. The smallest absolute Gasteiger partial charge is 0.261 e. The van der Waals surface area contributed by atoms with Gasteiger partial charge in [0, 0.05) is 12.4 Å². The molecular weight excluding hydrogens is 403 g/mol. The van der Waals surface area contributed by atoms with E-state index >= 15 is 0 Å². The van der Waals surface area contributed by atoms with Crippen molar-refractivity contribution in [3.63, 3.8) is 0 Å². The van der Waals surface area contributed by atoms with Crippen LogP contribution in [0.4, 0.5) is 10.1 Å². The van der Waals surface area contributed by atoms with E-state index in [1.807, 2.05) is 29.6 Å². The quantitative estimate of drug-likeness (QED) is 0.466. The Bertz CT molecular complexity index is 1340. The van der Waals surface area contributed by atoms with Crippen molar-refractivity contribution in [2.45, 2.75) is 6.54 Å². The maximum atomic E-state index is 13.4. The first-order chi connectivity index (χ1) is 14.7. The third-order valence-electron chi connectivity index (χ3n) is 4.54. The summed E-state index contributed by atoms with van der Waals surface area (Å²) in [5, 5.41) is 13.4. The highest BCUT2D eigenvalue weighted by atomic mass is 32.1. The zero-order chi connectivity index (χ0) is 20.5. The highest BCUT2D eigenvalue weighted by molar-refractivity contribution is 7.13. The van der Waals surface area contributed by atoms with Gasteiger partial charge in [0.15, 0.2) is 5.65 Å². The van der Waals surface area contributed by atoms with Crippen molar-refractivity contribution in [1.82, 2.24) is 24.4 Å². The van der Waals surface area contributed by atoms with Gasteiger partial charge in [-0.25, -0.2) is 13.9 Å². The number of aromatic nitrogens is 5. The lowest BCUT2D eigenvalue weighted by Crippen LogP contribution is -2.11. The Labute approximate surface area is 174 Å². The molecule has 4 heterocycles. The highest BCUT2D eigenvalue weighted by Gasteiger charge is 2.17. The van der Waals surface area contributed by atoms with Crippen molar-refractivity contribution in [1.29, 1.82) is 0 Å². The van der Waals surface area contributed by atoms with Crippen LogP contribution in [0.3, 0.4) is 0 Å². The van der Waals surface area contributed by atoms with Crippen LogP contribution >= 0.6 is 11.3 Å². The number of amides is 1. The number of anilines is 1. The Balaban J connectivity index is 1.37. The molecule has 0 fully saturated rings. The minimum Gasteiger partial charge on any atom is -0.319 e. The standard InChI is InChI=1S/C21H15FN6OS/c22-15-4-1-3-14(9-15)12-27-13-16(10-24-27)26-21(29)17-11-25-28-18(6-7-23-20(17)28)19-5-2-8-30-19/h1-11,13H,12H2,(H,26,29). The van der Waals surface area contributed by atoms with Crippen LogP contribution in [0, 0.1) is 5.82 Å². The lowest BCUT2D eigenvalue weighted by molar-refractivity contribution is 0.102. The molecule has 0 atom stereocenters. The van der Waals surface area contributed by atoms with Gasteiger partial charge in [0.25, 0.3) is 5.91 Å². The molecule has 1 amide bonds. The molecule has 1 aromatic carbocycles. The first-order valence-electron chi connectivity index (χ1n) is 9.12. The molecule has 0 spiro atoms. The van der Waals surface area contributed by atoms with Gasteiger partial charge < -0.3 is 5.32 Å². The number of benzene rings is 1. The summed E-state index contributed by atoms with van der Waals surface area (Å²) in [7, 11) is 0. The fourth-order valence-corrected chi connectivity index (χ4v) is 3.93. The monoisotopic (exact) mass is 418 g/mol. The fraction of sp³-hybridized carbons (Fsp3) is 0.0476. The lowest BCUT2D eigenvalue weighted by Gasteiger charge is -2.03. The summed E-state index contributed by atoms with van der Waals surface area (Å²) >= 11 is 1.59. The molecule has 7 nitrogen and oxygen atoms in total. The van der Waals surface area contributed by atoms with Gasteiger partial charge in [0.1, 0.15) is 11.4 Å². The third-order valence-corrected chi connectivity index (χ3v) is 5.44. The Hall–Kier alpha value is -3.85. The van der Waals surface area contributed by atoms with Crippen molar-refractivity contribution >= 4 is 28.6 Å². The van der Waals surface area contributed by atoms with Crippen LogP contribution in [-0.2, 0) is 6.54 Å². The Morgan fingerprint density at radius 2 is 2.07 bits per heavy atom. The Kier molecular flexibility index (Phi) is 4.56. The summed E-state index contributed by atoms with van der Waals surface area (Å²) in [6, 6.07) is 12.1. The molecule has 0 unspecified atom stereocenters. The molecule has 1 N–H and O–H groups in total. The highest BCUT2D eigenvalue weighted by Crippen LogP contribution is 2.25. The van der Waals surface area contributed by atoms with Crippen molar-refractivity contribution in [2.24, 2.45) is 0 Å². The van der Waals surface area contributed by atoms with E-state index in [1.165, 1.54) is 18.3 Å². The molecule has 0 aliphatic heterocycles. The van der Waals surface area contributed by atoms with Gasteiger partial charge in [-0.15, -0.1) is 11.3 Å². The van der Waals surface area contributed by atoms with Crippen molar-refractivity contribution in [3.05, 3.63) is 89.6 Å². The molecule has 0 bridgehead atoms. The van der Waals surface area contributed by atoms with Crippen LogP contribution in [0.2, 0.25) is 0 Å². The largest absolute Gasteiger partial charge is 0.319 e. The second-order valence-corrected chi connectivity index (χ2v) is 7.56. The van der Waals surface area contributed by atoms with E-state index in [4.69, 9.17) is 0 Å². The molecule has 148 valence electrons. The normalized spacial score (nSPS) is 11.1. The molecule has 0 aliphatic rings. The van der Waals surface area contributed by atoms with Gasteiger partial charge in [-0.2, -0.15) is 10.2 Å². The van der Waals surface area contributed by atoms with Gasteiger partial charge in [-0.05, 0) is 35.2 Å². The van der Waals surface area contributed by atoms with Crippen molar-refractivity contribution in [3.8, 4) is 10.6 Å². The summed E-state index contributed by atoms with van der Waals surface area (Å²) in [5.74, 6) is -0.623. The molecule has 5 aromatic rings. The Morgan fingerprint density at radius 1 is 1.13 bits per heavy atom. The number of hydrogen-bond donors (Lipinski definition) is 1. The molecule has 0 radical (unpaired) electrons. The summed E-state index contributed by atoms with van der Waals surface area (Å²) in [4.78, 5) is 18.2. The molecule has 5 rings (SSSR count). The zero-order valence-corrected chi connectivity index (χ0v) is 16.4. The number of thiophene rings is 1. The van der Waals surface area contributed by atoms with E-state index in [0.717, 1.165) is 16.1 Å². The van der Waals surface area contributed by atoms with Crippen LogP contribution in [0.15, 0.2) is 72.6 Å². The average molecular weight is 418 g/mol. The summed E-state index contributed by atoms with van der Waals surface area (Å²) in [6.07, 6.45) is 6.41. The number of halogens is 1. The maximum absolute atomic E-state index is 13.4. The van der Waals surface area contributed by atoms with Gasteiger partial charge >= 0.3 is 0 Å². The van der Waals surface area contributed by atoms with Gasteiger partial charge in [0.05, 0.1) is 35.2 Å². The van der Waals surface area contributed by atoms with Crippen LogP contribution in [0.5, 0.6) is 0 Å². The molecule has 0 saturated heterocycles. The summed E-state index contributed by atoms with van der Waals surface area (Å²) in [5.41, 5.74) is 3.03. The minimum absolute atomic E-state index is 0.296. The number of carbonyl (C=O) groups excluding carboxylic acids is 1. The first-order valence-corrected chi connectivity index (χ1v) is 10.0. The van der Waals surface area contributed by atoms with Gasteiger partial charge in [-0.1, -0.05) is 18.2 Å². The van der Waals surface area contributed by atoms with E-state index in [9.17, 15) is 9.18 Å². The second kappa shape index (κ2) is 7.53. The van der Waals surface area contributed by atoms with Gasteiger partial charge in [0.2, 0.25) is 0 Å². The molecule has 0 aliphatic carbocycles. The summed E-state index contributed by atoms with van der Waals surface area (Å²) < 4.78 is 16.6. The number of fused-ring (bicyclic) bond motifs is 1. The van der Waals surface area contributed by atoms with E-state index in [1.54, 1.807) is 45.2 Å². The van der Waals surface area contributed by atoms with Gasteiger partial charge in [-0.3, -0.25) is 9.48 Å². The zero-order valence-electron chi connectivity index (χ0n) is 15.6. The minimum atomic E-state index is -0.328. The molecule has 30 heavy (non-hydrogen) atoms. The molecular formula is C21H15FN6OS. The SMILES string of the molecule is O=C(Nc1cnn(Cc2cccc(F)c2)c1)c1cnn2c(-c3cccs3)ccnc12. The van der Waals surface area contributed by atoms with E-state index in [0.29, 0.717) is 23.4 Å². The number of carbonyl (C=O) groups is 1. The van der Waals surface area contributed by atoms with Crippen LogP contribution in [0.25, 0.3) is 16.2 Å². The predicted molar refractivity (Wildman–Crippen MR) is 112 cm³/mol. The number of rotatable bonds is 5. The van der Waals surface area contributed by atoms with E-state index < -0.39 is 0 Å². The average Bonchev–Trinajstić information content (AvgIpc) is 3.49. The second-order valence-electron chi connectivity index (χ2n) is 6.61. The number of hydrogen-bond acceptors (Lipinski definition) is 5. The molecule has 4 aromatic heterocycles. The maximum Gasteiger partial charge on any atom is 0.261 e. The van der Waals surface area contributed by atoms with Crippen molar-refractivity contribution < 1.29 is 9.18 Å².